The Kier molecular flexibility index (Phi) is 5.46. The van der Waals surface area contributed by atoms with Gasteiger partial charge < -0.3 is 5.11 Å². The van der Waals surface area contributed by atoms with Crippen molar-refractivity contribution in [2.24, 2.45) is 0 Å². The molecule has 0 spiro atoms. The van der Waals surface area contributed by atoms with E-state index < -0.39 is 11.5 Å². The Morgan fingerprint density at radius 2 is 1.43 bits per heavy atom. The first-order chi connectivity index (χ1) is 14.5. The van der Waals surface area contributed by atoms with Gasteiger partial charge in [0.05, 0.1) is 12.2 Å². The summed E-state index contributed by atoms with van der Waals surface area (Å²) >= 11 is 5.94. The molecule has 0 amide bonds. The molecular weight excluding hydrogens is 400 g/mol. The van der Waals surface area contributed by atoms with Gasteiger partial charge in [-0.2, -0.15) is 5.10 Å². The van der Waals surface area contributed by atoms with Crippen LogP contribution in [0.15, 0.2) is 89.7 Å². The molecule has 30 heavy (non-hydrogen) atoms. The fourth-order valence-corrected chi connectivity index (χ4v) is 3.45. The first kappa shape index (κ1) is 19.6. The van der Waals surface area contributed by atoms with Crippen molar-refractivity contribution in [3.63, 3.8) is 0 Å². The second-order valence-electron chi connectivity index (χ2n) is 6.73. The van der Waals surface area contributed by atoms with Gasteiger partial charge in [0, 0.05) is 16.1 Å². The molecule has 148 valence electrons. The largest absolute Gasteiger partial charge is 0.477 e. The molecule has 1 heterocycles. The third kappa shape index (κ3) is 3.88. The Bertz CT molecular complexity index is 1250. The first-order valence-electron chi connectivity index (χ1n) is 9.28. The second-order valence-corrected chi connectivity index (χ2v) is 7.16. The van der Waals surface area contributed by atoms with Crippen LogP contribution in [0.2, 0.25) is 5.02 Å². The monoisotopic (exact) mass is 416 g/mol. The minimum absolute atomic E-state index is 0.130. The van der Waals surface area contributed by atoms with E-state index in [4.69, 9.17) is 11.6 Å². The number of benzene rings is 3. The lowest BCUT2D eigenvalue weighted by Gasteiger charge is -2.16. The minimum Gasteiger partial charge on any atom is -0.477 e. The fourth-order valence-electron chi connectivity index (χ4n) is 3.32. The number of hydrogen-bond acceptors (Lipinski definition) is 3. The predicted octanol–water partition coefficient (Wildman–Crippen LogP) is 4.98. The fraction of sp³-hybridized carbons (Fsp3) is 0.0417. The molecule has 0 aliphatic rings. The number of rotatable bonds is 5. The van der Waals surface area contributed by atoms with Crippen molar-refractivity contribution in [2.45, 2.75) is 6.54 Å². The zero-order valence-corrected chi connectivity index (χ0v) is 16.6. The molecule has 5 nitrogen and oxygen atoms in total. The average molecular weight is 417 g/mol. The number of halogens is 1. The highest BCUT2D eigenvalue weighted by Gasteiger charge is 2.24. The van der Waals surface area contributed by atoms with Crippen molar-refractivity contribution in [3.05, 3.63) is 111 Å². The van der Waals surface area contributed by atoms with Gasteiger partial charge >= 0.3 is 5.97 Å². The zero-order valence-electron chi connectivity index (χ0n) is 15.8. The van der Waals surface area contributed by atoms with E-state index in [1.807, 2.05) is 36.4 Å². The Labute approximate surface area is 177 Å². The number of carbonyl (C=O) groups is 1. The van der Waals surface area contributed by atoms with Crippen molar-refractivity contribution in [1.29, 1.82) is 0 Å². The summed E-state index contributed by atoms with van der Waals surface area (Å²) in [6, 6.07) is 25.2. The van der Waals surface area contributed by atoms with E-state index in [1.54, 1.807) is 48.5 Å². The zero-order chi connectivity index (χ0) is 21.1. The second kappa shape index (κ2) is 8.35. The highest BCUT2D eigenvalue weighted by Crippen LogP contribution is 2.32. The minimum atomic E-state index is -1.29. The van der Waals surface area contributed by atoms with Crippen LogP contribution in [0.25, 0.3) is 22.4 Å². The summed E-state index contributed by atoms with van der Waals surface area (Å²) in [4.78, 5) is 25.3. The van der Waals surface area contributed by atoms with Gasteiger partial charge in [-0.05, 0) is 23.3 Å². The molecule has 0 aliphatic heterocycles. The van der Waals surface area contributed by atoms with Gasteiger partial charge in [-0.15, -0.1) is 0 Å². The van der Waals surface area contributed by atoms with E-state index in [2.05, 4.69) is 5.10 Å². The topological polar surface area (TPSA) is 72.2 Å². The first-order valence-corrected chi connectivity index (χ1v) is 9.66. The van der Waals surface area contributed by atoms with Crippen LogP contribution in [-0.2, 0) is 6.54 Å². The Morgan fingerprint density at radius 1 is 0.867 bits per heavy atom. The van der Waals surface area contributed by atoms with Gasteiger partial charge in [0.15, 0.2) is 0 Å². The molecule has 0 aliphatic carbocycles. The van der Waals surface area contributed by atoms with E-state index in [-0.39, 0.29) is 12.1 Å². The summed E-state index contributed by atoms with van der Waals surface area (Å²) in [5, 5.41) is 15.1. The van der Waals surface area contributed by atoms with Crippen LogP contribution < -0.4 is 5.56 Å². The number of aromatic carboxylic acids is 1. The van der Waals surface area contributed by atoms with Crippen molar-refractivity contribution < 1.29 is 9.90 Å². The predicted molar refractivity (Wildman–Crippen MR) is 117 cm³/mol. The van der Waals surface area contributed by atoms with Crippen LogP contribution in [0, 0.1) is 0 Å². The van der Waals surface area contributed by atoms with Crippen LogP contribution >= 0.6 is 11.6 Å². The summed E-state index contributed by atoms with van der Waals surface area (Å²) in [7, 11) is 0. The maximum Gasteiger partial charge on any atom is 0.342 e. The summed E-state index contributed by atoms with van der Waals surface area (Å²) in [5.74, 6) is -1.29. The molecule has 4 aromatic rings. The Morgan fingerprint density at radius 3 is 2.00 bits per heavy atom. The molecule has 0 saturated heterocycles. The van der Waals surface area contributed by atoms with E-state index in [0.717, 1.165) is 11.1 Å². The van der Waals surface area contributed by atoms with Crippen LogP contribution in [0.3, 0.4) is 0 Å². The van der Waals surface area contributed by atoms with Crippen LogP contribution in [0.5, 0.6) is 0 Å². The Hall–Kier alpha value is -3.70. The quantitative estimate of drug-likeness (QED) is 0.498. The molecule has 1 N–H and O–H groups in total. The average Bonchev–Trinajstić information content (AvgIpc) is 2.77. The molecule has 1 aromatic heterocycles. The summed E-state index contributed by atoms with van der Waals surface area (Å²) in [5.41, 5.74) is 1.93. The van der Waals surface area contributed by atoms with Crippen molar-refractivity contribution in [1.82, 2.24) is 9.78 Å². The summed E-state index contributed by atoms with van der Waals surface area (Å²) in [6.45, 7) is 0.130. The number of carboxylic acid groups (broad SMARTS) is 1. The van der Waals surface area contributed by atoms with Gasteiger partial charge in [0.1, 0.15) is 5.56 Å². The molecule has 0 radical (unpaired) electrons. The lowest BCUT2D eigenvalue weighted by molar-refractivity contribution is 0.0694. The summed E-state index contributed by atoms with van der Waals surface area (Å²) < 4.78 is 1.20. The maximum atomic E-state index is 13.2. The molecule has 6 heteroatoms. The van der Waals surface area contributed by atoms with Gasteiger partial charge in [0.25, 0.3) is 5.56 Å². The van der Waals surface area contributed by atoms with E-state index in [0.29, 0.717) is 21.8 Å². The SMILES string of the molecule is O=C(O)c1c(-c2ccccc2)c(-c2ccccc2)nn(Cc2ccc(Cl)cc2)c1=O. The van der Waals surface area contributed by atoms with E-state index >= 15 is 0 Å². The van der Waals surface area contributed by atoms with Crippen molar-refractivity contribution in [3.8, 4) is 22.4 Å². The van der Waals surface area contributed by atoms with E-state index in [9.17, 15) is 14.7 Å². The normalized spacial score (nSPS) is 10.7. The number of carboxylic acids is 1. The molecule has 3 aromatic carbocycles. The standard InChI is InChI=1S/C24H17ClN2O3/c25-19-13-11-16(12-14-19)15-27-23(28)21(24(29)30)20(17-7-3-1-4-8-17)22(26-27)18-9-5-2-6-10-18/h1-14H,15H2,(H,29,30). The van der Waals surface area contributed by atoms with Crippen molar-refractivity contribution in [2.75, 3.05) is 0 Å². The van der Waals surface area contributed by atoms with Crippen LogP contribution in [0.1, 0.15) is 15.9 Å². The number of hydrogen-bond donors (Lipinski definition) is 1. The smallest absolute Gasteiger partial charge is 0.342 e. The van der Waals surface area contributed by atoms with Crippen LogP contribution in [-0.4, -0.2) is 20.9 Å². The number of nitrogens with zero attached hydrogens (tertiary/aromatic N) is 2. The van der Waals surface area contributed by atoms with Gasteiger partial charge in [-0.3, -0.25) is 4.79 Å². The summed E-state index contributed by atoms with van der Waals surface area (Å²) in [6.07, 6.45) is 0. The van der Waals surface area contributed by atoms with Gasteiger partial charge in [-0.25, -0.2) is 9.48 Å². The molecule has 4 rings (SSSR count). The van der Waals surface area contributed by atoms with Crippen LogP contribution in [0.4, 0.5) is 0 Å². The van der Waals surface area contributed by atoms with Gasteiger partial charge in [-0.1, -0.05) is 84.4 Å². The number of aromatic nitrogens is 2. The third-order valence-corrected chi connectivity index (χ3v) is 4.98. The molecular formula is C24H17ClN2O3. The molecule has 0 fully saturated rings. The molecule has 0 bridgehead atoms. The Balaban J connectivity index is 2.00. The molecule has 0 unspecified atom stereocenters. The lowest BCUT2D eigenvalue weighted by Crippen LogP contribution is -2.30. The van der Waals surface area contributed by atoms with Crippen molar-refractivity contribution >= 4 is 17.6 Å². The van der Waals surface area contributed by atoms with Gasteiger partial charge in [0.2, 0.25) is 0 Å². The highest BCUT2D eigenvalue weighted by molar-refractivity contribution is 6.30. The molecule has 0 saturated carbocycles. The third-order valence-electron chi connectivity index (χ3n) is 4.72. The van der Waals surface area contributed by atoms with E-state index in [1.165, 1.54) is 4.68 Å². The molecule has 0 atom stereocenters. The lowest BCUT2D eigenvalue weighted by atomic mass is 9.95. The maximum absolute atomic E-state index is 13.2. The highest BCUT2D eigenvalue weighted by atomic mass is 35.5.